The predicted molar refractivity (Wildman–Crippen MR) is 90.6 cm³/mol. The summed E-state index contributed by atoms with van der Waals surface area (Å²) in [6.45, 7) is 10.8. The Balaban J connectivity index is 1.61. The van der Waals surface area contributed by atoms with E-state index >= 15 is 0 Å². The maximum Gasteiger partial charge on any atom is 0.173 e. The molecule has 1 aliphatic heterocycles. The summed E-state index contributed by atoms with van der Waals surface area (Å²) >= 11 is 0. The minimum Gasteiger partial charge on any atom is -0.352 e. The quantitative estimate of drug-likeness (QED) is 0.497. The average molecular weight is 346 g/mol. The first kappa shape index (κ1) is 16.2. The summed E-state index contributed by atoms with van der Waals surface area (Å²) in [5, 5.41) is 0. The van der Waals surface area contributed by atoms with Crippen LogP contribution >= 0.6 is 0 Å². The van der Waals surface area contributed by atoms with Gasteiger partial charge in [-0.1, -0.05) is 27.4 Å². The third-order valence-corrected chi connectivity index (χ3v) is 9.10. The fourth-order valence-electron chi connectivity index (χ4n) is 7.61. The molecule has 136 valence electrons. The number of carbonyl (C=O) groups excluding carboxylic acids is 2. The largest absolute Gasteiger partial charge is 0.352 e. The van der Waals surface area contributed by atoms with Crippen LogP contribution in [0.5, 0.6) is 0 Å². The van der Waals surface area contributed by atoms with E-state index in [9.17, 15) is 14.0 Å². The normalized spacial score (nSPS) is 59.8. The maximum atomic E-state index is 14.4. The third kappa shape index (κ3) is 1.54. The highest BCUT2D eigenvalue weighted by Crippen LogP contribution is 2.74. The lowest BCUT2D eigenvalue weighted by Crippen LogP contribution is -2.61. The van der Waals surface area contributed by atoms with Gasteiger partial charge in [-0.3, -0.25) is 9.59 Å². The van der Waals surface area contributed by atoms with Crippen molar-refractivity contribution in [2.45, 2.75) is 70.8 Å². The number of rotatable bonds is 0. The van der Waals surface area contributed by atoms with Crippen LogP contribution in [0, 0.1) is 34.5 Å². The van der Waals surface area contributed by atoms with E-state index in [4.69, 9.17) is 4.74 Å². The lowest BCUT2D eigenvalue weighted by atomic mass is 9.42. The number of fused-ring (bicyclic) bond motifs is 4. The van der Waals surface area contributed by atoms with Crippen LogP contribution in [-0.4, -0.2) is 29.4 Å². The molecule has 1 saturated heterocycles. The van der Waals surface area contributed by atoms with Crippen molar-refractivity contribution < 1.29 is 18.7 Å². The molecule has 0 amide bonds. The molecule has 0 aromatic carbocycles. The van der Waals surface area contributed by atoms with Crippen LogP contribution in [0.2, 0.25) is 0 Å². The van der Waals surface area contributed by atoms with Crippen molar-refractivity contribution in [2.75, 3.05) is 0 Å². The Hall–Kier alpha value is -1.03. The molecule has 1 spiro atoms. The summed E-state index contributed by atoms with van der Waals surface area (Å²) in [5.74, 6) is 0.927. The van der Waals surface area contributed by atoms with Crippen molar-refractivity contribution in [3.63, 3.8) is 0 Å². The number of halogens is 1. The van der Waals surface area contributed by atoms with Gasteiger partial charge in [-0.05, 0) is 54.9 Å². The molecule has 0 N–H and O–H groups in total. The summed E-state index contributed by atoms with van der Waals surface area (Å²) in [5.41, 5.74) is -0.106. The number of hydrogen-bond donors (Lipinski definition) is 0. The topological polar surface area (TPSA) is 46.7 Å². The highest BCUT2D eigenvalue weighted by Gasteiger charge is 2.79. The molecule has 4 saturated carbocycles. The van der Waals surface area contributed by atoms with E-state index in [1.54, 1.807) is 0 Å². The van der Waals surface area contributed by atoms with E-state index < -0.39 is 17.2 Å². The number of ether oxygens (including phenoxy) is 1. The number of ketones is 2. The molecule has 9 atom stereocenters. The van der Waals surface area contributed by atoms with E-state index in [1.165, 1.54) is 0 Å². The Morgan fingerprint density at radius 3 is 2.64 bits per heavy atom. The van der Waals surface area contributed by atoms with Crippen LogP contribution in [0.1, 0.15) is 52.9 Å². The van der Waals surface area contributed by atoms with Crippen molar-refractivity contribution >= 4 is 11.6 Å². The van der Waals surface area contributed by atoms with Gasteiger partial charge in [0.05, 0.1) is 0 Å². The van der Waals surface area contributed by atoms with Gasteiger partial charge in [-0.2, -0.15) is 0 Å². The van der Waals surface area contributed by atoms with E-state index in [2.05, 4.69) is 20.4 Å². The number of Topliss-reactive ketones (excluding diaryl/α,β-unsaturated/α-hetero) is 2. The number of alkyl halides is 1. The van der Waals surface area contributed by atoms with Crippen LogP contribution in [0.15, 0.2) is 12.2 Å². The first-order valence-corrected chi connectivity index (χ1v) is 9.76. The van der Waals surface area contributed by atoms with Crippen LogP contribution < -0.4 is 0 Å². The zero-order valence-corrected chi connectivity index (χ0v) is 15.3. The Labute approximate surface area is 148 Å². The van der Waals surface area contributed by atoms with E-state index in [1.807, 2.05) is 6.92 Å². The monoisotopic (exact) mass is 346 g/mol. The highest BCUT2D eigenvalue weighted by molar-refractivity contribution is 5.92. The number of hydrogen-bond acceptors (Lipinski definition) is 3. The molecular formula is C21H27FO3. The summed E-state index contributed by atoms with van der Waals surface area (Å²) in [7, 11) is 0. The fraction of sp³-hybridized carbons (Fsp3) is 0.810. The van der Waals surface area contributed by atoms with Gasteiger partial charge in [0.2, 0.25) is 0 Å². The van der Waals surface area contributed by atoms with Crippen LogP contribution in [0.25, 0.3) is 0 Å². The van der Waals surface area contributed by atoms with Gasteiger partial charge in [-0.25, -0.2) is 4.39 Å². The number of carbonyl (C=O) groups is 2. The van der Waals surface area contributed by atoms with Crippen molar-refractivity contribution in [2.24, 2.45) is 34.5 Å². The first-order valence-electron chi connectivity index (χ1n) is 9.76. The second-order valence-electron chi connectivity index (χ2n) is 9.75. The van der Waals surface area contributed by atoms with E-state index in [0.717, 1.165) is 24.8 Å². The Morgan fingerprint density at radius 1 is 1.20 bits per heavy atom. The summed E-state index contributed by atoms with van der Waals surface area (Å²) < 4.78 is 20.5. The summed E-state index contributed by atoms with van der Waals surface area (Å²) in [4.78, 5) is 24.8. The van der Waals surface area contributed by atoms with Crippen molar-refractivity contribution in [3.05, 3.63) is 12.2 Å². The molecule has 4 heteroatoms. The van der Waals surface area contributed by atoms with Crippen LogP contribution in [0.3, 0.4) is 0 Å². The highest BCUT2D eigenvalue weighted by atomic mass is 19.1. The Kier molecular flexibility index (Phi) is 2.87. The van der Waals surface area contributed by atoms with Crippen molar-refractivity contribution in [1.82, 2.24) is 0 Å². The van der Waals surface area contributed by atoms with Crippen LogP contribution in [-0.2, 0) is 14.3 Å². The van der Waals surface area contributed by atoms with Gasteiger partial charge in [-0.15, -0.1) is 0 Å². The lowest BCUT2D eigenvalue weighted by molar-refractivity contribution is -0.141. The SMILES string of the molecule is C=C1[C@@H](C)[C@H]2[C@@H]3C[C@@H](F)C(=O)[C@@]3(C)CC[C@@H]2[C@@]2(C)CCC(=O)C3OC132. The van der Waals surface area contributed by atoms with E-state index in [-0.39, 0.29) is 40.8 Å². The van der Waals surface area contributed by atoms with Crippen molar-refractivity contribution in [3.8, 4) is 0 Å². The molecule has 0 aromatic heterocycles. The average Bonchev–Trinajstić information content (AvgIpc) is 3.30. The molecule has 1 heterocycles. The minimum absolute atomic E-state index is 0.0875. The molecule has 0 bridgehead atoms. The van der Waals surface area contributed by atoms with Crippen LogP contribution in [0.4, 0.5) is 4.39 Å². The summed E-state index contributed by atoms with van der Waals surface area (Å²) in [6, 6.07) is 0. The second kappa shape index (κ2) is 4.44. The van der Waals surface area contributed by atoms with Gasteiger partial charge >= 0.3 is 0 Å². The zero-order chi connectivity index (χ0) is 17.9. The molecule has 5 fully saturated rings. The van der Waals surface area contributed by atoms with E-state index in [0.29, 0.717) is 18.8 Å². The Morgan fingerprint density at radius 2 is 1.92 bits per heavy atom. The molecule has 4 aliphatic carbocycles. The van der Waals surface area contributed by atoms with Gasteiger partial charge in [0, 0.05) is 17.3 Å². The molecule has 5 aliphatic rings. The lowest BCUT2D eigenvalue weighted by Gasteiger charge is -2.61. The zero-order valence-electron chi connectivity index (χ0n) is 15.3. The third-order valence-electron chi connectivity index (χ3n) is 9.10. The molecule has 0 radical (unpaired) electrons. The molecule has 3 nitrogen and oxygen atoms in total. The smallest absolute Gasteiger partial charge is 0.173 e. The maximum absolute atomic E-state index is 14.4. The van der Waals surface area contributed by atoms with Gasteiger partial charge in [0.1, 0.15) is 5.60 Å². The predicted octanol–water partition coefficient (Wildman–Crippen LogP) is 3.66. The molecule has 0 aromatic rings. The Bertz CT molecular complexity index is 716. The second-order valence-corrected chi connectivity index (χ2v) is 9.75. The van der Waals surface area contributed by atoms with Gasteiger partial charge in [0.25, 0.3) is 0 Å². The fourth-order valence-corrected chi connectivity index (χ4v) is 7.61. The molecular weight excluding hydrogens is 319 g/mol. The van der Waals surface area contributed by atoms with Gasteiger partial charge < -0.3 is 4.74 Å². The first-order chi connectivity index (χ1) is 11.7. The molecule has 2 unspecified atom stereocenters. The standard InChI is InChI=1S/C21H27FO3/c1-10-11(2)21-18(25-21)15(23)6-8-20(21,4)12-5-7-19(3)13(16(10)12)9-14(22)17(19)24/h10,12-14,16,18H,2,5-9H2,1,3-4H3/t10-,12+,13+,14-,16-,18?,19+,20-,21?/m1/s1. The minimum atomic E-state index is -1.31. The van der Waals surface area contributed by atoms with Gasteiger partial charge in [0.15, 0.2) is 23.8 Å². The number of epoxide rings is 1. The van der Waals surface area contributed by atoms with Crippen molar-refractivity contribution in [1.29, 1.82) is 0 Å². The molecule has 5 rings (SSSR count). The summed E-state index contributed by atoms with van der Waals surface area (Å²) in [6.07, 6.45) is 1.83. The molecule has 25 heavy (non-hydrogen) atoms.